The van der Waals surface area contributed by atoms with Crippen LogP contribution < -0.4 is 4.90 Å². The monoisotopic (exact) mass is 291 g/mol. The number of thioether (sulfide) groups is 1. The molecule has 0 unspecified atom stereocenters. The third kappa shape index (κ3) is 2.30. The molecule has 0 saturated carbocycles. The first-order valence-corrected chi connectivity index (χ1v) is 7.52. The van der Waals surface area contributed by atoms with Crippen molar-refractivity contribution in [3.63, 3.8) is 0 Å². The van der Waals surface area contributed by atoms with E-state index in [4.69, 9.17) is 11.6 Å². The molecule has 0 N–H and O–H groups in total. The Hall–Kier alpha value is -1.26. The van der Waals surface area contributed by atoms with Crippen LogP contribution in [0.4, 0.5) is 11.5 Å². The fourth-order valence-corrected chi connectivity index (χ4v) is 3.61. The summed E-state index contributed by atoms with van der Waals surface area (Å²) in [5, 5.41) is 0.330. The maximum atomic E-state index is 6.04. The molecule has 5 heteroatoms. The Morgan fingerprint density at radius 3 is 2.84 bits per heavy atom. The summed E-state index contributed by atoms with van der Waals surface area (Å²) in [6.45, 7) is 2.10. The Kier molecular flexibility index (Phi) is 3.37. The number of nitrogens with zero attached hydrogens (tertiary/aromatic N) is 3. The fourth-order valence-electron chi connectivity index (χ4n) is 2.30. The zero-order valence-corrected chi connectivity index (χ0v) is 12.4. The lowest BCUT2D eigenvalue weighted by Gasteiger charge is -2.22. The third-order valence-electron chi connectivity index (χ3n) is 3.27. The Labute approximate surface area is 122 Å². The standard InChI is InChI=1S/C14H14ClN3S/c1-9-5-3-4-6-11(9)18(2)13-12-10(7-8-19-12)16-14(15)17-13/h3-6H,7-8H2,1-2H3. The molecule has 19 heavy (non-hydrogen) atoms. The number of rotatable bonds is 2. The highest BCUT2D eigenvalue weighted by molar-refractivity contribution is 7.99. The average Bonchev–Trinajstić information content (AvgIpc) is 2.85. The summed E-state index contributed by atoms with van der Waals surface area (Å²) in [6, 6.07) is 8.27. The van der Waals surface area contributed by atoms with Gasteiger partial charge in [-0.15, -0.1) is 11.8 Å². The first-order chi connectivity index (χ1) is 9.16. The van der Waals surface area contributed by atoms with E-state index in [1.165, 1.54) is 5.56 Å². The van der Waals surface area contributed by atoms with Gasteiger partial charge in [0.25, 0.3) is 0 Å². The molecule has 98 valence electrons. The van der Waals surface area contributed by atoms with Crippen LogP contribution >= 0.6 is 23.4 Å². The number of halogens is 1. The van der Waals surface area contributed by atoms with Crippen LogP contribution in [-0.4, -0.2) is 22.8 Å². The van der Waals surface area contributed by atoms with E-state index in [2.05, 4.69) is 33.9 Å². The van der Waals surface area contributed by atoms with Crippen LogP contribution in [0.2, 0.25) is 5.28 Å². The second kappa shape index (κ2) is 5.02. The Morgan fingerprint density at radius 1 is 1.26 bits per heavy atom. The predicted octanol–water partition coefficient (Wildman–Crippen LogP) is 3.85. The molecule has 0 aliphatic carbocycles. The van der Waals surface area contributed by atoms with Gasteiger partial charge in [0.15, 0.2) is 5.82 Å². The van der Waals surface area contributed by atoms with Gasteiger partial charge in [-0.2, -0.15) is 4.98 Å². The van der Waals surface area contributed by atoms with E-state index in [1.54, 1.807) is 11.8 Å². The second-order valence-electron chi connectivity index (χ2n) is 4.54. The largest absolute Gasteiger partial charge is 0.328 e. The van der Waals surface area contributed by atoms with Crippen molar-refractivity contribution >= 4 is 34.9 Å². The first-order valence-electron chi connectivity index (χ1n) is 6.15. The van der Waals surface area contributed by atoms with Gasteiger partial charge in [-0.05, 0) is 30.2 Å². The molecule has 0 radical (unpaired) electrons. The molecule has 0 fully saturated rings. The Bertz CT molecular complexity index is 630. The molecule has 2 aromatic rings. The van der Waals surface area contributed by atoms with Crippen molar-refractivity contribution in [2.45, 2.75) is 18.2 Å². The van der Waals surface area contributed by atoms with E-state index in [-0.39, 0.29) is 0 Å². The maximum absolute atomic E-state index is 6.04. The van der Waals surface area contributed by atoms with Gasteiger partial charge < -0.3 is 4.90 Å². The summed E-state index contributed by atoms with van der Waals surface area (Å²) >= 11 is 7.85. The molecule has 0 spiro atoms. The molecule has 2 heterocycles. The van der Waals surface area contributed by atoms with Crippen LogP contribution in [0, 0.1) is 6.92 Å². The lowest BCUT2D eigenvalue weighted by Crippen LogP contribution is -2.14. The second-order valence-corrected chi connectivity index (χ2v) is 5.98. The van der Waals surface area contributed by atoms with Crippen molar-refractivity contribution in [3.05, 3.63) is 40.8 Å². The van der Waals surface area contributed by atoms with E-state index < -0.39 is 0 Å². The summed E-state index contributed by atoms with van der Waals surface area (Å²) in [5.74, 6) is 1.96. The van der Waals surface area contributed by atoms with Gasteiger partial charge in [0, 0.05) is 24.9 Å². The SMILES string of the molecule is Cc1ccccc1N(C)c1nc(Cl)nc2c1SCC2. The number of aromatic nitrogens is 2. The molecule has 1 aliphatic rings. The highest BCUT2D eigenvalue weighted by Crippen LogP contribution is 2.40. The van der Waals surface area contributed by atoms with Gasteiger partial charge in [0.1, 0.15) is 0 Å². The molecule has 0 saturated heterocycles. The maximum Gasteiger partial charge on any atom is 0.224 e. The van der Waals surface area contributed by atoms with Gasteiger partial charge in [-0.1, -0.05) is 18.2 Å². The van der Waals surface area contributed by atoms with Crippen molar-refractivity contribution in [1.82, 2.24) is 9.97 Å². The molecule has 3 rings (SSSR count). The highest BCUT2D eigenvalue weighted by Gasteiger charge is 2.22. The number of fused-ring (bicyclic) bond motifs is 1. The number of para-hydroxylation sites is 1. The minimum absolute atomic E-state index is 0.330. The van der Waals surface area contributed by atoms with Gasteiger partial charge in [0.2, 0.25) is 5.28 Å². The van der Waals surface area contributed by atoms with Crippen molar-refractivity contribution in [2.75, 3.05) is 17.7 Å². The molecule has 3 nitrogen and oxygen atoms in total. The van der Waals surface area contributed by atoms with E-state index in [0.717, 1.165) is 34.3 Å². The van der Waals surface area contributed by atoms with Gasteiger partial charge in [-0.3, -0.25) is 0 Å². The van der Waals surface area contributed by atoms with Crippen LogP contribution in [0.25, 0.3) is 0 Å². The van der Waals surface area contributed by atoms with E-state index in [0.29, 0.717) is 5.28 Å². The molecule has 1 aromatic carbocycles. The van der Waals surface area contributed by atoms with Crippen LogP contribution in [0.15, 0.2) is 29.2 Å². The number of benzene rings is 1. The summed E-state index contributed by atoms with van der Waals surface area (Å²) in [7, 11) is 2.03. The van der Waals surface area contributed by atoms with Gasteiger partial charge in [0.05, 0.1) is 10.6 Å². The number of hydrogen-bond donors (Lipinski definition) is 0. The predicted molar refractivity (Wildman–Crippen MR) is 80.7 cm³/mol. The number of aryl methyl sites for hydroxylation is 2. The highest BCUT2D eigenvalue weighted by atomic mass is 35.5. The zero-order valence-electron chi connectivity index (χ0n) is 10.9. The quantitative estimate of drug-likeness (QED) is 0.786. The van der Waals surface area contributed by atoms with Crippen LogP contribution in [0.1, 0.15) is 11.3 Å². The Balaban J connectivity index is 2.10. The van der Waals surface area contributed by atoms with Crippen molar-refractivity contribution in [3.8, 4) is 0 Å². The lowest BCUT2D eigenvalue weighted by molar-refractivity contribution is 0.949. The molecule has 0 bridgehead atoms. The summed E-state index contributed by atoms with van der Waals surface area (Å²) in [5.41, 5.74) is 3.43. The van der Waals surface area contributed by atoms with Crippen molar-refractivity contribution < 1.29 is 0 Å². The molecule has 0 amide bonds. The lowest BCUT2D eigenvalue weighted by atomic mass is 10.2. The summed E-state index contributed by atoms with van der Waals surface area (Å²) in [6.07, 6.45) is 0.969. The number of anilines is 2. The normalized spacial score (nSPS) is 13.4. The molecule has 1 aliphatic heterocycles. The van der Waals surface area contributed by atoms with Gasteiger partial charge >= 0.3 is 0 Å². The number of hydrogen-bond acceptors (Lipinski definition) is 4. The average molecular weight is 292 g/mol. The summed E-state index contributed by atoms with van der Waals surface area (Å²) in [4.78, 5) is 12.0. The first kappa shape index (κ1) is 12.8. The van der Waals surface area contributed by atoms with E-state index in [9.17, 15) is 0 Å². The fraction of sp³-hybridized carbons (Fsp3) is 0.286. The van der Waals surface area contributed by atoms with Gasteiger partial charge in [-0.25, -0.2) is 4.98 Å². The smallest absolute Gasteiger partial charge is 0.224 e. The third-order valence-corrected chi connectivity index (χ3v) is 4.55. The Morgan fingerprint density at radius 2 is 2.05 bits per heavy atom. The molecular weight excluding hydrogens is 278 g/mol. The minimum atomic E-state index is 0.330. The minimum Gasteiger partial charge on any atom is -0.328 e. The van der Waals surface area contributed by atoms with Crippen molar-refractivity contribution in [1.29, 1.82) is 0 Å². The zero-order chi connectivity index (χ0) is 13.4. The van der Waals surface area contributed by atoms with Crippen LogP contribution in [0.3, 0.4) is 0 Å². The molecule has 0 atom stereocenters. The summed E-state index contributed by atoms with van der Waals surface area (Å²) < 4.78 is 0. The van der Waals surface area contributed by atoms with Crippen molar-refractivity contribution in [2.24, 2.45) is 0 Å². The van der Waals surface area contributed by atoms with E-state index in [1.807, 2.05) is 19.2 Å². The molecule has 1 aromatic heterocycles. The molecular formula is C14H14ClN3S. The van der Waals surface area contributed by atoms with Crippen LogP contribution in [-0.2, 0) is 6.42 Å². The van der Waals surface area contributed by atoms with Crippen LogP contribution in [0.5, 0.6) is 0 Å². The topological polar surface area (TPSA) is 29.0 Å². The van der Waals surface area contributed by atoms with E-state index >= 15 is 0 Å².